The molecule has 2 aromatic carbocycles. The highest BCUT2D eigenvalue weighted by Gasteiger charge is 2.07. The topological polar surface area (TPSA) is 77.4 Å². The van der Waals surface area contributed by atoms with Crippen LogP contribution in [-0.4, -0.2) is 19.8 Å². The molecule has 2 rings (SSSR count). The molecule has 1 atom stereocenters. The van der Waals surface area contributed by atoms with E-state index in [1.54, 1.807) is 12.1 Å². The average molecular weight is 235 g/mol. The van der Waals surface area contributed by atoms with Crippen molar-refractivity contribution in [1.82, 2.24) is 0 Å². The molecular weight excluding hydrogens is 228 g/mol. The number of aromatic carboxylic acids is 1. The largest absolute Gasteiger partial charge is 0.768 e. The van der Waals surface area contributed by atoms with Crippen molar-refractivity contribution in [3.8, 4) is 0 Å². The molecule has 0 aliphatic heterocycles. The number of fused-ring (bicyclic) bond motifs is 1. The lowest BCUT2D eigenvalue weighted by Crippen LogP contribution is -1.97. The third-order valence-electron chi connectivity index (χ3n) is 2.27. The zero-order valence-electron chi connectivity index (χ0n) is 8.04. The van der Waals surface area contributed by atoms with Crippen LogP contribution in [0.2, 0.25) is 0 Å². The Kier molecular flexibility index (Phi) is 2.72. The van der Waals surface area contributed by atoms with Crippen molar-refractivity contribution in [1.29, 1.82) is 0 Å². The summed E-state index contributed by atoms with van der Waals surface area (Å²) >= 11 is -2.30. The first-order valence-corrected chi connectivity index (χ1v) is 5.52. The minimum absolute atomic E-state index is 0.148. The fourth-order valence-corrected chi connectivity index (χ4v) is 1.95. The van der Waals surface area contributed by atoms with Gasteiger partial charge in [-0.25, -0.2) is 4.79 Å². The second-order valence-corrected chi connectivity index (χ2v) is 4.17. The molecule has 5 heteroatoms. The third kappa shape index (κ3) is 1.82. The van der Waals surface area contributed by atoms with Gasteiger partial charge >= 0.3 is 5.97 Å². The van der Waals surface area contributed by atoms with E-state index in [0.717, 1.165) is 0 Å². The Bertz CT molecular complexity index is 592. The minimum Gasteiger partial charge on any atom is -0.768 e. The maximum absolute atomic E-state index is 10.9. The lowest BCUT2D eigenvalue weighted by Gasteiger charge is -2.07. The zero-order valence-corrected chi connectivity index (χ0v) is 8.86. The van der Waals surface area contributed by atoms with E-state index in [1.807, 2.05) is 0 Å². The van der Waals surface area contributed by atoms with Gasteiger partial charge in [-0.3, -0.25) is 4.21 Å². The molecule has 4 nitrogen and oxygen atoms in total. The maximum atomic E-state index is 10.9. The van der Waals surface area contributed by atoms with E-state index in [-0.39, 0.29) is 10.5 Å². The Labute approximate surface area is 93.8 Å². The van der Waals surface area contributed by atoms with Gasteiger partial charge in [-0.2, -0.15) is 0 Å². The highest BCUT2D eigenvalue weighted by Crippen LogP contribution is 2.21. The number of rotatable bonds is 2. The van der Waals surface area contributed by atoms with Crippen LogP contribution in [0.5, 0.6) is 0 Å². The summed E-state index contributed by atoms with van der Waals surface area (Å²) in [5, 5.41) is 10.1. The van der Waals surface area contributed by atoms with Gasteiger partial charge in [-0.15, -0.1) is 0 Å². The molecule has 1 N–H and O–H groups in total. The molecule has 2 aromatic rings. The molecule has 16 heavy (non-hydrogen) atoms. The molecule has 0 aromatic heterocycles. The van der Waals surface area contributed by atoms with E-state index in [2.05, 4.69) is 0 Å². The van der Waals surface area contributed by atoms with Crippen LogP contribution in [0.15, 0.2) is 41.3 Å². The van der Waals surface area contributed by atoms with Crippen LogP contribution in [0.1, 0.15) is 10.4 Å². The van der Waals surface area contributed by atoms with Crippen LogP contribution in [0.25, 0.3) is 10.8 Å². The second-order valence-electron chi connectivity index (χ2n) is 3.23. The standard InChI is InChI=1S/C11H8O4S/c12-11(13)10-3-1-2-7-6-8(16(14)15)4-5-9(7)10/h1-6H,(H,12,13)(H,14,15)/p-1. The minimum atomic E-state index is -2.30. The molecule has 0 bridgehead atoms. The van der Waals surface area contributed by atoms with Crippen molar-refractivity contribution in [3.63, 3.8) is 0 Å². The smallest absolute Gasteiger partial charge is 0.336 e. The molecule has 82 valence electrons. The van der Waals surface area contributed by atoms with Gasteiger partial charge in [0.2, 0.25) is 0 Å². The van der Waals surface area contributed by atoms with Crippen LogP contribution in [0, 0.1) is 0 Å². The van der Waals surface area contributed by atoms with Crippen molar-refractivity contribution >= 4 is 27.8 Å². The average Bonchev–Trinajstić information content (AvgIpc) is 2.27. The van der Waals surface area contributed by atoms with E-state index in [9.17, 15) is 13.6 Å². The van der Waals surface area contributed by atoms with Crippen LogP contribution >= 0.6 is 0 Å². The number of benzene rings is 2. The van der Waals surface area contributed by atoms with Crippen LogP contribution in [-0.2, 0) is 11.1 Å². The molecule has 0 heterocycles. The summed E-state index contributed by atoms with van der Waals surface area (Å²) in [7, 11) is 0. The first kappa shape index (κ1) is 10.8. The number of carboxylic acid groups (broad SMARTS) is 1. The molecular formula is C11H7O4S-. The molecule has 1 unspecified atom stereocenters. The van der Waals surface area contributed by atoms with Crippen molar-refractivity contribution < 1.29 is 18.7 Å². The quantitative estimate of drug-likeness (QED) is 0.805. The summed E-state index contributed by atoms with van der Waals surface area (Å²) in [4.78, 5) is 11.1. The van der Waals surface area contributed by atoms with Crippen molar-refractivity contribution in [2.75, 3.05) is 0 Å². The van der Waals surface area contributed by atoms with Crippen LogP contribution in [0.4, 0.5) is 0 Å². The van der Waals surface area contributed by atoms with E-state index in [4.69, 9.17) is 5.11 Å². The Hall–Kier alpha value is -1.72. The summed E-state index contributed by atoms with van der Waals surface area (Å²) in [5.74, 6) is -1.03. The highest BCUT2D eigenvalue weighted by molar-refractivity contribution is 7.79. The molecule has 0 saturated heterocycles. The maximum Gasteiger partial charge on any atom is 0.336 e. The summed E-state index contributed by atoms with van der Waals surface area (Å²) in [6.45, 7) is 0. The van der Waals surface area contributed by atoms with Gasteiger partial charge in [0, 0.05) is 4.90 Å². The van der Waals surface area contributed by atoms with Gasteiger partial charge < -0.3 is 9.66 Å². The first-order valence-electron chi connectivity index (χ1n) is 4.45. The molecule has 0 aliphatic carbocycles. The Morgan fingerprint density at radius 2 is 2.00 bits per heavy atom. The van der Waals surface area contributed by atoms with E-state index >= 15 is 0 Å². The predicted molar refractivity (Wildman–Crippen MR) is 58.1 cm³/mol. The number of carboxylic acids is 1. The Balaban J connectivity index is 2.73. The number of carbonyl (C=O) groups is 1. The summed E-state index contributed by atoms with van der Waals surface area (Å²) < 4.78 is 21.5. The normalized spacial score (nSPS) is 12.6. The molecule has 0 radical (unpaired) electrons. The summed E-state index contributed by atoms with van der Waals surface area (Å²) in [6, 6.07) is 9.09. The first-order chi connectivity index (χ1) is 7.59. The van der Waals surface area contributed by atoms with Gasteiger partial charge in [0.05, 0.1) is 5.56 Å². The predicted octanol–water partition coefficient (Wildman–Crippen LogP) is 1.78. The zero-order chi connectivity index (χ0) is 11.7. The summed E-state index contributed by atoms with van der Waals surface area (Å²) in [5.41, 5.74) is 0.167. The molecule has 0 spiro atoms. The SMILES string of the molecule is O=C(O)c1cccc2cc(S(=O)[O-])ccc12. The highest BCUT2D eigenvalue weighted by atomic mass is 32.2. The van der Waals surface area contributed by atoms with Gasteiger partial charge in [0.1, 0.15) is 0 Å². The second kappa shape index (κ2) is 4.03. The van der Waals surface area contributed by atoms with Crippen molar-refractivity contribution in [3.05, 3.63) is 42.0 Å². The lowest BCUT2D eigenvalue weighted by atomic mass is 10.1. The van der Waals surface area contributed by atoms with Gasteiger partial charge in [0.25, 0.3) is 0 Å². The Morgan fingerprint density at radius 3 is 2.62 bits per heavy atom. The third-order valence-corrected chi connectivity index (χ3v) is 2.91. The van der Waals surface area contributed by atoms with Crippen LogP contribution in [0.3, 0.4) is 0 Å². The Morgan fingerprint density at radius 1 is 1.25 bits per heavy atom. The molecule has 0 aliphatic rings. The molecule has 0 fully saturated rings. The summed E-state index contributed by atoms with van der Waals surface area (Å²) in [6.07, 6.45) is 0. The van der Waals surface area contributed by atoms with Gasteiger partial charge in [-0.05, 0) is 40.1 Å². The van der Waals surface area contributed by atoms with E-state index in [1.165, 1.54) is 24.3 Å². The fraction of sp³-hybridized carbons (Fsp3) is 0. The van der Waals surface area contributed by atoms with Crippen molar-refractivity contribution in [2.45, 2.75) is 4.90 Å². The molecule has 0 saturated carbocycles. The molecule has 0 amide bonds. The van der Waals surface area contributed by atoms with E-state index < -0.39 is 17.0 Å². The van der Waals surface area contributed by atoms with Gasteiger partial charge in [0.15, 0.2) is 0 Å². The van der Waals surface area contributed by atoms with Crippen molar-refractivity contribution in [2.24, 2.45) is 0 Å². The number of hydrogen-bond acceptors (Lipinski definition) is 3. The fourth-order valence-electron chi connectivity index (χ4n) is 1.55. The monoisotopic (exact) mass is 235 g/mol. The lowest BCUT2D eigenvalue weighted by molar-refractivity contribution is 0.0699. The van der Waals surface area contributed by atoms with Crippen LogP contribution < -0.4 is 0 Å². The van der Waals surface area contributed by atoms with Gasteiger partial charge in [-0.1, -0.05) is 18.2 Å². The number of hydrogen-bond donors (Lipinski definition) is 1. The van der Waals surface area contributed by atoms with E-state index in [0.29, 0.717) is 10.8 Å².